The molecular formula is C13H10Cl2N4O2. The molecule has 0 fully saturated rings. The Morgan fingerprint density at radius 3 is 2.52 bits per heavy atom. The van der Waals surface area contributed by atoms with Gasteiger partial charge in [-0.05, 0) is 29.3 Å². The fourth-order valence-electron chi connectivity index (χ4n) is 2.08. The van der Waals surface area contributed by atoms with Crippen molar-refractivity contribution >= 4 is 34.4 Å². The lowest BCUT2D eigenvalue weighted by molar-refractivity contribution is 0.768. The van der Waals surface area contributed by atoms with E-state index in [9.17, 15) is 9.59 Å². The zero-order valence-electron chi connectivity index (χ0n) is 10.9. The largest absolute Gasteiger partial charge is 0.329 e. The smallest absolute Gasteiger partial charge is 0.304 e. The van der Waals surface area contributed by atoms with Crippen LogP contribution < -0.4 is 11.2 Å². The Morgan fingerprint density at radius 2 is 1.86 bits per heavy atom. The predicted octanol–water partition coefficient (Wildman–Crippen LogP) is 1.78. The highest BCUT2D eigenvalue weighted by Crippen LogP contribution is 2.17. The summed E-state index contributed by atoms with van der Waals surface area (Å²) < 4.78 is 2.54. The molecule has 0 amide bonds. The lowest BCUT2D eigenvalue weighted by Crippen LogP contribution is -2.33. The number of aromatic amines is 1. The first-order valence-corrected chi connectivity index (χ1v) is 6.82. The van der Waals surface area contributed by atoms with E-state index in [1.54, 1.807) is 16.7 Å². The van der Waals surface area contributed by atoms with Crippen LogP contribution >= 0.6 is 23.2 Å². The van der Waals surface area contributed by atoms with Crippen LogP contribution in [-0.4, -0.2) is 19.1 Å². The molecule has 0 spiro atoms. The summed E-state index contributed by atoms with van der Waals surface area (Å²) in [6.07, 6.45) is 0. The summed E-state index contributed by atoms with van der Waals surface area (Å²) in [4.78, 5) is 30.3. The van der Waals surface area contributed by atoms with Crippen LogP contribution in [0, 0.1) is 0 Å². The van der Waals surface area contributed by atoms with Crippen LogP contribution in [0.1, 0.15) is 5.56 Å². The number of imidazole rings is 1. The van der Waals surface area contributed by atoms with Crippen molar-refractivity contribution in [3.8, 4) is 0 Å². The molecule has 2 heterocycles. The Balaban J connectivity index is 2.21. The van der Waals surface area contributed by atoms with Gasteiger partial charge in [-0.2, -0.15) is 4.98 Å². The quantitative estimate of drug-likeness (QED) is 0.730. The molecule has 0 aliphatic rings. The van der Waals surface area contributed by atoms with Crippen LogP contribution in [-0.2, 0) is 13.6 Å². The number of rotatable bonds is 2. The number of nitrogens with zero attached hydrogens (tertiary/aromatic N) is 3. The van der Waals surface area contributed by atoms with Gasteiger partial charge in [0, 0.05) is 12.1 Å². The molecule has 0 radical (unpaired) electrons. The van der Waals surface area contributed by atoms with E-state index in [0.29, 0.717) is 11.6 Å². The average Bonchev–Trinajstić information content (AvgIpc) is 2.75. The number of hydrogen-bond donors (Lipinski definition) is 1. The Kier molecular flexibility index (Phi) is 3.35. The van der Waals surface area contributed by atoms with Crippen molar-refractivity contribution in [1.29, 1.82) is 0 Å². The van der Waals surface area contributed by atoms with Crippen molar-refractivity contribution in [2.24, 2.45) is 7.05 Å². The van der Waals surface area contributed by atoms with Crippen molar-refractivity contribution < 1.29 is 0 Å². The van der Waals surface area contributed by atoms with E-state index in [0.717, 1.165) is 10.1 Å². The maximum atomic E-state index is 12.2. The third-order valence-corrected chi connectivity index (χ3v) is 3.75. The topological polar surface area (TPSA) is 72.7 Å². The van der Waals surface area contributed by atoms with Gasteiger partial charge in [-0.1, -0.05) is 23.7 Å². The molecule has 0 bridgehead atoms. The highest BCUT2D eigenvalue weighted by molar-refractivity contribution is 6.30. The van der Waals surface area contributed by atoms with Crippen LogP contribution in [0.3, 0.4) is 0 Å². The molecule has 3 rings (SSSR count). The lowest BCUT2D eigenvalue weighted by atomic mass is 10.2. The fraction of sp³-hybridized carbons (Fsp3) is 0.154. The van der Waals surface area contributed by atoms with Crippen LogP contribution in [0.15, 0.2) is 33.9 Å². The molecule has 0 saturated carbocycles. The van der Waals surface area contributed by atoms with Crippen LogP contribution in [0.5, 0.6) is 0 Å². The summed E-state index contributed by atoms with van der Waals surface area (Å²) in [6.45, 7) is 0.355. The van der Waals surface area contributed by atoms with Gasteiger partial charge < -0.3 is 4.57 Å². The summed E-state index contributed by atoms with van der Waals surface area (Å²) in [5.74, 6) is 0. The number of H-pyrrole nitrogens is 1. The number of fused-ring (bicyclic) bond motifs is 1. The van der Waals surface area contributed by atoms with Crippen molar-refractivity contribution in [3.63, 3.8) is 0 Å². The summed E-state index contributed by atoms with van der Waals surface area (Å²) in [7, 11) is 1.40. The van der Waals surface area contributed by atoms with Crippen LogP contribution in [0.25, 0.3) is 11.2 Å². The summed E-state index contributed by atoms with van der Waals surface area (Å²) >= 11 is 11.9. The summed E-state index contributed by atoms with van der Waals surface area (Å²) in [6, 6.07) is 7.18. The number of hydrogen-bond acceptors (Lipinski definition) is 3. The minimum absolute atomic E-state index is 0.138. The van der Waals surface area contributed by atoms with E-state index < -0.39 is 11.2 Å². The maximum Gasteiger partial charge on any atom is 0.329 e. The molecule has 21 heavy (non-hydrogen) atoms. The monoisotopic (exact) mass is 324 g/mol. The first-order chi connectivity index (χ1) is 9.97. The Hall–Kier alpha value is -2.05. The van der Waals surface area contributed by atoms with Crippen molar-refractivity contribution in [1.82, 2.24) is 19.1 Å². The first kappa shape index (κ1) is 13.9. The fourth-order valence-corrected chi connectivity index (χ4v) is 2.44. The second kappa shape index (κ2) is 5.05. The molecule has 0 saturated heterocycles. The van der Waals surface area contributed by atoms with Gasteiger partial charge in [-0.25, -0.2) is 4.79 Å². The lowest BCUT2D eigenvalue weighted by Gasteiger charge is -2.06. The number of nitrogens with one attached hydrogen (secondary N) is 1. The Bertz CT molecular complexity index is 938. The SMILES string of the molecule is Cn1c(=O)[nH]c2nc(Cl)n(Cc3ccc(Cl)cc3)c2c1=O. The molecule has 0 unspecified atom stereocenters. The van der Waals surface area contributed by atoms with Crippen molar-refractivity contribution in [2.75, 3.05) is 0 Å². The molecule has 1 aromatic carbocycles. The zero-order valence-corrected chi connectivity index (χ0v) is 12.4. The standard InChI is InChI=1S/C13H10Cl2N4O2/c1-18-11(20)9-10(17-13(18)21)16-12(15)19(9)6-7-2-4-8(14)5-3-7/h2-5H,6H2,1H3,(H,17,21). The van der Waals surface area contributed by atoms with E-state index in [-0.39, 0.29) is 16.4 Å². The molecule has 108 valence electrons. The van der Waals surface area contributed by atoms with E-state index in [4.69, 9.17) is 23.2 Å². The van der Waals surface area contributed by atoms with Crippen LogP contribution in [0.4, 0.5) is 0 Å². The summed E-state index contributed by atoms with van der Waals surface area (Å²) in [5.41, 5.74) is 0.385. The second-order valence-electron chi connectivity index (χ2n) is 4.58. The number of halogens is 2. The predicted molar refractivity (Wildman–Crippen MR) is 81.2 cm³/mol. The van der Waals surface area contributed by atoms with Crippen molar-refractivity contribution in [3.05, 3.63) is 61.0 Å². The molecular weight excluding hydrogens is 315 g/mol. The van der Waals surface area contributed by atoms with Gasteiger partial charge in [0.2, 0.25) is 5.28 Å². The maximum absolute atomic E-state index is 12.2. The third kappa shape index (κ3) is 2.36. The number of benzene rings is 1. The molecule has 2 aromatic heterocycles. The normalized spacial score (nSPS) is 11.2. The van der Waals surface area contributed by atoms with Gasteiger partial charge in [0.1, 0.15) is 0 Å². The highest BCUT2D eigenvalue weighted by Gasteiger charge is 2.15. The molecule has 1 N–H and O–H groups in total. The molecule has 3 aromatic rings. The zero-order chi connectivity index (χ0) is 15.1. The van der Waals surface area contributed by atoms with Gasteiger partial charge in [0.15, 0.2) is 11.2 Å². The second-order valence-corrected chi connectivity index (χ2v) is 5.36. The van der Waals surface area contributed by atoms with Gasteiger partial charge in [0.25, 0.3) is 5.56 Å². The van der Waals surface area contributed by atoms with Gasteiger partial charge >= 0.3 is 5.69 Å². The molecule has 6 nitrogen and oxygen atoms in total. The Morgan fingerprint density at radius 1 is 1.19 bits per heavy atom. The van der Waals surface area contributed by atoms with Gasteiger partial charge in [-0.15, -0.1) is 0 Å². The van der Waals surface area contributed by atoms with E-state index in [2.05, 4.69) is 9.97 Å². The highest BCUT2D eigenvalue weighted by atomic mass is 35.5. The molecule has 0 atom stereocenters. The van der Waals surface area contributed by atoms with E-state index >= 15 is 0 Å². The Labute approximate surface area is 128 Å². The van der Waals surface area contributed by atoms with Crippen molar-refractivity contribution in [2.45, 2.75) is 6.54 Å². The average molecular weight is 325 g/mol. The molecule has 8 heteroatoms. The van der Waals surface area contributed by atoms with Gasteiger partial charge in [0.05, 0.1) is 6.54 Å². The van der Waals surface area contributed by atoms with Crippen LogP contribution in [0.2, 0.25) is 10.3 Å². The minimum atomic E-state index is -0.527. The van der Waals surface area contributed by atoms with Gasteiger partial charge in [-0.3, -0.25) is 14.3 Å². The van der Waals surface area contributed by atoms with E-state index in [1.165, 1.54) is 7.05 Å². The molecule has 0 aliphatic carbocycles. The molecule has 0 aliphatic heterocycles. The minimum Gasteiger partial charge on any atom is -0.304 e. The summed E-state index contributed by atoms with van der Waals surface area (Å²) in [5, 5.41) is 0.763. The first-order valence-electron chi connectivity index (χ1n) is 6.07. The third-order valence-electron chi connectivity index (χ3n) is 3.21. The van der Waals surface area contributed by atoms with E-state index in [1.807, 2.05) is 12.1 Å². The number of aromatic nitrogens is 4.